The quantitative estimate of drug-likeness (QED) is 0.266. The molecule has 3 fully saturated rings. The van der Waals surface area contributed by atoms with Gasteiger partial charge >= 0.3 is 5.97 Å². The van der Waals surface area contributed by atoms with Crippen LogP contribution in [0.25, 0.3) is 0 Å². The monoisotopic (exact) mass is 494 g/mol. The number of hydrogen-bond donors (Lipinski definition) is 5. The summed E-state index contributed by atoms with van der Waals surface area (Å²) in [7, 11) is 3.42. The molecular formula is C22H34N6O5S. The van der Waals surface area contributed by atoms with Gasteiger partial charge in [0.2, 0.25) is 17.7 Å². The Hall–Kier alpha value is -2.15. The first-order valence-electron chi connectivity index (χ1n) is 11.7. The average Bonchev–Trinajstić information content (AvgIpc) is 3.46. The molecule has 12 heteroatoms. The van der Waals surface area contributed by atoms with Crippen molar-refractivity contribution in [3.05, 3.63) is 10.6 Å². The first-order valence-corrected chi connectivity index (χ1v) is 12.6. The van der Waals surface area contributed by atoms with Crippen molar-refractivity contribution in [2.75, 3.05) is 27.2 Å². The van der Waals surface area contributed by atoms with E-state index in [0.29, 0.717) is 30.8 Å². The van der Waals surface area contributed by atoms with Crippen molar-refractivity contribution in [3.63, 3.8) is 0 Å². The average molecular weight is 495 g/mol. The number of carboxylic acid groups (broad SMARTS) is 1. The highest BCUT2D eigenvalue weighted by atomic mass is 32.2. The standard InChI is InChI=1S/C22H34N6O5S/c1-9-16-15(10(2)26-19(29)13-5-11(23)7-24-13)21(31)28(16)17(22(32)33)18(9)34-12-6-14(25-8-12)20(30)27(3)4/h9-16,24-25H,5-8,23H2,1-4H3,(H,26,29)(H,32,33)/t9-,10?,11+,12+,13-,14+,15-,16-/m1/s1. The fourth-order valence-electron chi connectivity index (χ4n) is 5.55. The fraction of sp³-hybridized carbons (Fsp3) is 0.727. The molecule has 4 aliphatic rings. The topological polar surface area (TPSA) is 157 Å². The summed E-state index contributed by atoms with van der Waals surface area (Å²) in [5.74, 6) is -2.27. The van der Waals surface area contributed by atoms with Crippen LogP contribution < -0.4 is 21.7 Å². The van der Waals surface area contributed by atoms with Crippen molar-refractivity contribution < 1.29 is 24.3 Å². The summed E-state index contributed by atoms with van der Waals surface area (Å²) in [6.07, 6.45) is 1.14. The molecule has 4 rings (SSSR count). The molecule has 0 aromatic carbocycles. The van der Waals surface area contributed by atoms with Gasteiger partial charge in [0.05, 0.1) is 24.0 Å². The predicted molar refractivity (Wildman–Crippen MR) is 126 cm³/mol. The highest BCUT2D eigenvalue weighted by molar-refractivity contribution is 8.03. The van der Waals surface area contributed by atoms with Gasteiger partial charge in [0.1, 0.15) is 5.70 Å². The van der Waals surface area contributed by atoms with E-state index >= 15 is 0 Å². The Bertz CT molecular complexity index is 925. The SMILES string of the molecule is CC(NC(=O)[C@H]1C[C@H](N)CN1)[C@H]1C(=O)N2C(C(=O)O)=C(S[C@@H]3CN[C@H](C(=O)N(C)C)C3)[C@H](C)[C@H]12. The van der Waals surface area contributed by atoms with Crippen molar-refractivity contribution in [1.82, 2.24) is 25.8 Å². The molecule has 3 amide bonds. The number of nitrogens with one attached hydrogen (secondary N) is 3. The van der Waals surface area contributed by atoms with Gasteiger partial charge in [-0.1, -0.05) is 6.92 Å². The number of carboxylic acids is 1. The maximum absolute atomic E-state index is 13.1. The van der Waals surface area contributed by atoms with Crippen LogP contribution >= 0.6 is 11.8 Å². The Labute approximate surface area is 203 Å². The van der Waals surface area contributed by atoms with E-state index in [9.17, 15) is 24.3 Å². The number of carbonyl (C=O) groups excluding carboxylic acids is 3. The van der Waals surface area contributed by atoms with Crippen molar-refractivity contribution in [3.8, 4) is 0 Å². The van der Waals surface area contributed by atoms with Crippen LogP contribution in [0, 0.1) is 11.8 Å². The summed E-state index contributed by atoms with van der Waals surface area (Å²) < 4.78 is 0. The molecule has 0 bridgehead atoms. The van der Waals surface area contributed by atoms with Crippen LogP contribution in [-0.2, 0) is 19.2 Å². The van der Waals surface area contributed by atoms with Gasteiger partial charge < -0.3 is 36.6 Å². The van der Waals surface area contributed by atoms with Crippen molar-refractivity contribution in [1.29, 1.82) is 0 Å². The Morgan fingerprint density at radius 1 is 1.21 bits per heavy atom. The second-order valence-electron chi connectivity index (χ2n) is 9.95. The minimum atomic E-state index is -1.13. The van der Waals surface area contributed by atoms with E-state index in [2.05, 4.69) is 16.0 Å². The zero-order chi connectivity index (χ0) is 24.9. The van der Waals surface area contributed by atoms with Gasteiger partial charge in [0, 0.05) is 55.3 Å². The lowest BCUT2D eigenvalue weighted by molar-refractivity contribution is -0.158. The summed E-state index contributed by atoms with van der Waals surface area (Å²) in [4.78, 5) is 53.7. The molecule has 8 atom stereocenters. The molecule has 3 saturated heterocycles. The van der Waals surface area contributed by atoms with E-state index in [-0.39, 0.29) is 58.8 Å². The maximum Gasteiger partial charge on any atom is 0.353 e. The molecule has 34 heavy (non-hydrogen) atoms. The van der Waals surface area contributed by atoms with E-state index in [1.807, 2.05) is 6.92 Å². The van der Waals surface area contributed by atoms with E-state index in [1.165, 1.54) is 16.7 Å². The van der Waals surface area contributed by atoms with E-state index in [0.717, 1.165) is 0 Å². The first-order chi connectivity index (χ1) is 16.0. The summed E-state index contributed by atoms with van der Waals surface area (Å²) in [5.41, 5.74) is 5.91. The first kappa shape index (κ1) is 25.0. The van der Waals surface area contributed by atoms with Crippen molar-refractivity contribution in [2.45, 2.75) is 62.1 Å². The molecular weight excluding hydrogens is 460 g/mol. The van der Waals surface area contributed by atoms with Crippen molar-refractivity contribution >= 4 is 35.5 Å². The molecule has 4 heterocycles. The number of carbonyl (C=O) groups is 4. The molecule has 0 saturated carbocycles. The van der Waals surface area contributed by atoms with Crippen LogP contribution in [0.2, 0.25) is 0 Å². The van der Waals surface area contributed by atoms with Gasteiger partial charge in [-0.25, -0.2) is 4.79 Å². The smallest absolute Gasteiger partial charge is 0.353 e. The highest BCUT2D eigenvalue weighted by Crippen LogP contribution is 2.51. The molecule has 4 aliphatic heterocycles. The zero-order valence-electron chi connectivity index (χ0n) is 19.9. The minimum absolute atomic E-state index is 0.00338. The van der Waals surface area contributed by atoms with Gasteiger partial charge in [0.25, 0.3) is 0 Å². The number of fused-ring (bicyclic) bond motifs is 1. The number of rotatable bonds is 7. The maximum atomic E-state index is 13.1. The van der Waals surface area contributed by atoms with Crippen LogP contribution in [0.3, 0.4) is 0 Å². The third-order valence-electron chi connectivity index (χ3n) is 7.30. The number of aliphatic carboxylic acids is 1. The summed E-state index contributed by atoms with van der Waals surface area (Å²) in [5, 5.41) is 19.2. The molecule has 6 N–H and O–H groups in total. The number of hydrogen-bond acceptors (Lipinski definition) is 8. The number of likely N-dealkylation sites (N-methyl/N-ethyl adjacent to an activating group) is 1. The largest absolute Gasteiger partial charge is 0.477 e. The molecule has 0 aromatic heterocycles. The number of amides is 3. The lowest BCUT2D eigenvalue weighted by Crippen LogP contribution is -2.66. The van der Waals surface area contributed by atoms with E-state index < -0.39 is 17.9 Å². The van der Waals surface area contributed by atoms with Crippen LogP contribution in [0.15, 0.2) is 10.6 Å². The van der Waals surface area contributed by atoms with Crippen LogP contribution in [0.5, 0.6) is 0 Å². The van der Waals surface area contributed by atoms with Gasteiger partial charge in [-0.2, -0.15) is 0 Å². The summed E-state index contributed by atoms with van der Waals surface area (Å²) in [6, 6.07) is -1.49. The fourth-order valence-corrected chi connectivity index (χ4v) is 7.03. The lowest BCUT2D eigenvalue weighted by Gasteiger charge is -2.47. The molecule has 0 aromatic rings. The predicted octanol–water partition coefficient (Wildman–Crippen LogP) is -1.49. The number of β-lactam (4-membered cyclic amide) rings is 1. The zero-order valence-corrected chi connectivity index (χ0v) is 20.7. The molecule has 1 unspecified atom stereocenters. The molecule has 0 aliphatic carbocycles. The van der Waals surface area contributed by atoms with E-state index in [1.54, 1.807) is 25.9 Å². The van der Waals surface area contributed by atoms with Crippen LogP contribution in [0.4, 0.5) is 0 Å². The molecule has 0 spiro atoms. The number of nitrogens with two attached hydrogens (primary N) is 1. The van der Waals surface area contributed by atoms with Gasteiger partial charge in [0.15, 0.2) is 0 Å². The third-order valence-corrected chi connectivity index (χ3v) is 8.82. The Morgan fingerprint density at radius 2 is 1.88 bits per heavy atom. The lowest BCUT2D eigenvalue weighted by atomic mass is 9.78. The Balaban J connectivity index is 1.44. The second-order valence-corrected chi connectivity index (χ2v) is 11.3. The minimum Gasteiger partial charge on any atom is -0.477 e. The second kappa shape index (κ2) is 9.48. The Morgan fingerprint density at radius 3 is 2.47 bits per heavy atom. The third kappa shape index (κ3) is 4.32. The molecule has 0 radical (unpaired) electrons. The normalized spacial score (nSPS) is 35.7. The number of nitrogens with zero attached hydrogens (tertiary/aromatic N) is 2. The van der Waals surface area contributed by atoms with Gasteiger partial charge in [-0.05, 0) is 19.8 Å². The van der Waals surface area contributed by atoms with Crippen LogP contribution in [0.1, 0.15) is 26.7 Å². The van der Waals surface area contributed by atoms with E-state index in [4.69, 9.17) is 5.73 Å². The summed E-state index contributed by atoms with van der Waals surface area (Å²) in [6.45, 7) is 4.89. The van der Waals surface area contributed by atoms with Gasteiger partial charge in [-0.3, -0.25) is 14.4 Å². The van der Waals surface area contributed by atoms with Crippen molar-refractivity contribution in [2.24, 2.45) is 17.6 Å². The van der Waals surface area contributed by atoms with Gasteiger partial charge in [-0.15, -0.1) is 11.8 Å². The number of thioether (sulfide) groups is 1. The molecule has 188 valence electrons. The highest BCUT2D eigenvalue weighted by Gasteiger charge is 2.60. The Kier molecular flexibility index (Phi) is 6.96. The van der Waals surface area contributed by atoms with Crippen LogP contribution in [-0.4, -0.2) is 101 Å². The summed E-state index contributed by atoms with van der Waals surface area (Å²) >= 11 is 1.45. The molecule has 11 nitrogen and oxygen atoms in total.